The third-order valence-electron chi connectivity index (χ3n) is 3.96. The van der Waals surface area contributed by atoms with Crippen LogP contribution in [0.4, 0.5) is 0 Å². The van der Waals surface area contributed by atoms with E-state index in [0.717, 1.165) is 25.5 Å². The Kier molecular flexibility index (Phi) is 3.99. The average molecular weight is 282 g/mol. The number of hydrogen-bond acceptors (Lipinski definition) is 4. The molecule has 1 aliphatic rings. The predicted octanol–water partition coefficient (Wildman–Crippen LogP) is 2.40. The molecule has 0 saturated carbocycles. The summed E-state index contributed by atoms with van der Waals surface area (Å²) in [5.74, 6) is 0.885. The molecule has 21 heavy (non-hydrogen) atoms. The van der Waals surface area contributed by atoms with Gasteiger partial charge in [-0.3, -0.25) is 4.90 Å². The van der Waals surface area contributed by atoms with Crippen molar-refractivity contribution in [2.75, 3.05) is 13.1 Å². The quantitative estimate of drug-likeness (QED) is 0.938. The van der Waals surface area contributed by atoms with Crippen molar-refractivity contribution in [1.29, 1.82) is 0 Å². The van der Waals surface area contributed by atoms with Crippen molar-refractivity contribution in [3.63, 3.8) is 0 Å². The van der Waals surface area contributed by atoms with Crippen molar-refractivity contribution >= 4 is 0 Å². The number of nitrogens with zero attached hydrogens (tertiary/aromatic N) is 3. The number of rotatable bonds is 3. The van der Waals surface area contributed by atoms with Crippen LogP contribution in [0.15, 0.2) is 48.8 Å². The zero-order chi connectivity index (χ0) is 14.7. The maximum Gasteiger partial charge on any atom is 0.142 e. The van der Waals surface area contributed by atoms with Gasteiger partial charge in [-0.25, -0.2) is 9.97 Å². The highest BCUT2D eigenvalue weighted by Crippen LogP contribution is 2.27. The zero-order valence-electron chi connectivity index (χ0n) is 12.7. The molecule has 0 bridgehead atoms. The molecule has 3 rings (SSSR count). The SMILES string of the molecule is CC1(C)CN(Cc2ncccn2)C(c2ccccc2)CN1. The van der Waals surface area contributed by atoms with Crippen molar-refractivity contribution in [2.45, 2.75) is 32.0 Å². The van der Waals surface area contributed by atoms with E-state index in [9.17, 15) is 0 Å². The van der Waals surface area contributed by atoms with Gasteiger partial charge in [0.2, 0.25) is 0 Å². The minimum atomic E-state index is 0.111. The van der Waals surface area contributed by atoms with Gasteiger partial charge < -0.3 is 5.32 Å². The molecule has 1 unspecified atom stereocenters. The number of nitrogens with one attached hydrogen (secondary N) is 1. The molecule has 0 aliphatic carbocycles. The largest absolute Gasteiger partial charge is 0.309 e. The Morgan fingerprint density at radius 2 is 1.86 bits per heavy atom. The number of aromatic nitrogens is 2. The van der Waals surface area contributed by atoms with Gasteiger partial charge in [-0.1, -0.05) is 30.3 Å². The normalized spacial score (nSPS) is 22.1. The first kappa shape index (κ1) is 14.2. The third-order valence-corrected chi connectivity index (χ3v) is 3.96. The van der Waals surface area contributed by atoms with Gasteiger partial charge in [0.25, 0.3) is 0 Å². The van der Waals surface area contributed by atoms with Crippen molar-refractivity contribution in [1.82, 2.24) is 20.2 Å². The molecule has 1 saturated heterocycles. The molecular formula is C17H22N4. The first-order chi connectivity index (χ1) is 10.1. The molecule has 4 nitrogen and oxygen atoms in total. The fraction of sp³-hybridized carbons (Fsp3) is 0.412. The van der Waals surface area contributed by atoms with Crippen LogP contribution in [0.25, 0.3) is 0 Å². The predicted molar refractivity (Wildman–Crippen MR) is 83.7 cm³/mol. The molecule has 4 heteroatoms. The second-order valence-corrected chi connectivity index (χ2v) is 6.26. The molecule has 1 aromatic carbocycles. The Bertz CT molecular complexity index is 568. The summed E-state index contributed by atoms with van der Waals surface area (Å²) in [6.07, 6.45) is 3.63. The van der Waals surface area contributed by atoms with Crippen LogP contribution in [0, 0.1) is 0 Å². The monoisotopic (exact) mass is 282 g/mol. The van der Waals surface area contributed by atoms with E-state index in [-0.39, 0.29) is 5.54 Å². The molecule has 1 aliphatic heterocycles. The maximum atomic E-state index is 4.38. The Morgan fingerprint density at radius 3 is 2.57 bits per heavy atom. The first-order valence-corrected chi connectivity index (χ1v) is 7.44. The lowest BCUT2D eigenvalue weighted by atomic mass is 9.95. The van der Waals surface area contributed by atoms with E-state index >= 15 is 0 Å². The number of hydrogen-bond donors (Lipinski definition) is 1. The molecule has 0 amide bonds. The molecule has 2 heterocycles. The standard InChI is InChI=1S/C17H22N4/c1-17(2)13-21(12-16-18-9-6-10-19-16)15(11-20-17)14-7-4-3-5-8-14/h3-10,15,20H,11-13H2,1-2H3. The summed E-state index contributed by atoms with van der Waals surface area (Å²) in [5, 5.41) is 3.64. The van der Waals surface area contributed by atoms with Crippen molar-refractivity contribution < 1.29 is 0 Å². The fourth-order valence-electron chi connectivity index (χ4n) is 2.94. The molecule has 1 fully saturated rings. The van der Waals surface area contributed by atoms with Crippen LogP contribution >= 0.6 is 0 Å². The van der Waals surface area contributed by atoms with Crippen LogP contribution in [0.3, 0.4) is 0 Å². The minimum Gasteiger partial charge on any atom is -0.309 e. The van der Waals surface area contributed by atoms with Crippen LogP contribution in [0.5, 0.6) is 0 Å². The Labute approximate surface area is 126 Å². The van der Waals surface area contributed by atoms with Gasteiger partial charge in [0.05, 0.1) is 6.54 Å². The van der Waals surface area contributed by atoms with Gasteiger partial charge in [-0.15, -0.1) is 0 Å². The van der Waals surface area contributed by atoms with Crippen molar-refractivity contribution in [3.8, 4) is 0 Å². The highest BCUT2D eigenvalue weighted by atomic mass is 15.3. The molecule has 1 aromatic heterocycles. The van der Waals surface area contributed by atoms with E-state index in [1.165, 1.54) is 5.56 Å². The summed E-state index contributed by atoms with van der Waals surface area (Å²) in [7, 11) is 0. The molecule has 1 atom stereocenters. The Morgan fingerprint density at radius 1 is 1.14 bits per heavy atom. The molecule has 2 aromatic rings. The summed E-state index contributed by atoms with van der Waals surface area (Å²) in [6.45, 7) is 7.19. The second-order valence-electron chi connectivity index (χ2n) is 6.26. The van der Waals surface area contributed by atoms with E-state index in [0.29, 0.717) is 6.04 Å². The summed E-state index contributed by atoms with van der Waals surface area (Å²) >= 11 is 0. The lowest BCUT2D eigenvalue weighted by Gasteiger charge is -2.44. The number of benzene rings is 1. The van der Waals surface area contributed by atoms with Gasteiger partial charge in [0.15, 0.2) is 0 Å². The van der Waals surface area contributed by atoms with E-state index in [4.69, 9.17) is 0 Å². The Balaban J connectivity index is 1.84. The van der Waals surface area contributed by atoms with E-state index in [2.05, 4.69) is 64.4 Å². The third kappa shape index (κ3) is 3.46. The van der Waals surface area contributed by atoms with Crippen molar-refractivity contribution in [3.05, 3.63) is 60.2 Å². The summed E-state index contributed by atoms with van der Waals surface area (Å²) in [6, 6.07) is 12.9. The molecular weight excluding hydrogens is 260 g/mol. The lowest BCUT2D eigenvalue weighted by Crippen LogP contribution is -2.57. The summed E-state index contributed by atoms with van der Waals surface area (Å²) < 4.78 is 0. The highest BCUT2D eigenvalue weighted by molar-refractivity contribution is 5.21. The van der Waals surface area contributed by atoms with Crippen LogP contribution in [0.2, 0.25) is 0 Å². The molecule has 0 spiro atoms. The summed E-state index contributed by atoms with van der Waals surface area (Å²) in [4.78, 5) is 11.2. The van der Waals surface area contributed by atoms with Crippen LogP contribution in [0.1, 0.15) is 31.3 Å². The first-order valence-electron chi connectivity index (χ1n) is 7.44. The average Bonchev–Trinajstić information content (AvgIpc) is 2.48. The van der Waals surface area contributed by atoms with Crippen LogP contribution < -0.4 is 5.32 Å². The van der Waals surface area contributed by atoms with E-state index in [1.54, 1.807) is 0 Å². The van der Waals surface area contributed by atoms with E-state index < -0.39 is 0 Å². The minimum absolute atomic E-state index is 0.111. The van der Waals surface area contributed by atoms with Gasteiger partial charge in [-0.05, 0) is 25.5 Å². The second kappa shape index (κ2) is 5.92. The van der Waals surface area contributed by atoms with Crippen LogP contribution in [-0.2, 0) is 6.54 Å². The van der Waals surface area contributed by atoms with Gasteiger partial charge >= 0.3 is 0 Å². The maximum absolute atomic E-state index is 4.38. The molecule has 110 valence electrons. The van der Waals surface area contributed by atoms with Gasteiger partial charge in [0.1, 0.15) is 5.82 Å². The topological polar surface area (TPSA) is 41.1 Å². The van der Waals surface area contributed by atoms with Crippen LogP contribution in [-0.4, -0.2) is 33.5 Å². The van der Waals surface area contributed by atoms with Gasteiger partial charge in [0, 0.05) is 37.1 Å². The molecule has 0 radical (unpaired) electrons. The molecule has 1 N–H and O–H groups in total. The zero-order valence-corrected chi connectivity index (χ0v) is 12.7. The Hall–Kier alpha value is -1.78. The lowest BCUT2D eigenvalue weighted by molar-refractivity contribution is 0.0854. The van der Waals surface area contributed by atoms with Gasteiger partial charge in [-0.2, -0.15) is 0 Å². The van der Waals surface area contributed by atoms with E-state index in [1.807, 2.05) is 18.5 Å². The fourth-order valence-corrected chi connectivity index (χ4v) is 2.94. The number of piperazine rings is 1. The highest BCUT2D eigenvalue weighted by Gasteiger charge is 2.33. The van der Waals surface area contributed by atoms with Crippen molar-refractivity contribution in [2.24, 2.45) is 0 Å². The summed E-state index contributed by atoms with van der Waals surface area (Å²) in [5.41, 5.74) is 1.46. The smallest absolute Gasteiger partial charge is 0.142 e.